The predicted octanol–water partition coefficient (Wildman–Crippen LogP) is 6.01. The second-order valence-electron chi connectivity index (χ2n) is 13.2. The molecule has 2 unspecified atom stereocenters. The van der Waals surface area contributed by atoms with Crippen LogP contribution in [0, 0.1) is 17.8 Å². The number of amides is 2. The lowest BCUT2D eigenvalue weighted by molar-refractivity contribution is -0.139. The summed E-state index contributed by atoms with van der Waals surface area (Å²) < 4.78 is 28.1. The molecule has 0 spiro atoms. The van der Waals surface area contributed by atoms with Gasteiger partial charge in [0, 0.05) is 17.1 Å². The summed E-state index contributed by atoms with van der Waals surface area (Å²) >= 11 is 3.48. The van der Waals surface area contributed by atoms with Crippen molar-refractivity contribution in [3.8, 4) is 0 Å². The van der Waals surface area contributed by atoms with Crippen LogP contribution in [0.2, 0.25) is 0 Å². The van der Waals surface area contributed by atoms with Crippen LogP contribution in [0.5, 0.6) is 0 Å². The molecule has 4 bridgehead atoms. The summed E-state index contributed by atoms with van der Waals surface area (Å²) in [5.74, 6) is 1.75. The number of anilines is 1. The molecule has 4 saturated carbocycles. The summed E-state index contributed by atoms with van der Waals surface area (Å²) in [4.78, 5) is 28.5. The minimum atomic E-state index is -3.78. The number of halogens is 1. The van der Waals surface area contributed by atoms with Gasteiger partial charge in [0.05, 0.1) is 11.9 Å². The fourth-order valence-electron chi connectivity index (χ4n) is 7.94. The Hall–Kier alpha value is -2.39. The number of benzene rings is 2. The summed E-state index contributed by atoms with van der Waals surface area (Å²) in [5, 5.41) is 2.96. The Morgan fingerprint density at radius 1 is 1.00 bits per heavy atom. The monoisotopic (exact) mass is 657 g/mol. The first-order valence-electron chi connectivity index (χ1n) is 15.3. The van der Waals surface area contributed by atoms with Gasteiger partial charge in [0.1, 0.15) is 12.6 Å². The summed E-state index contributed by atoms with van der Waals surface area (Å²) in [6, 6.07) is 14.6. The molecule has 1 N–H and O–H groups in total. The molecule has 9 heteroatoms. The van der Waals surface area contributed by atoms with Crippen LogP contribution < -0.4 is 9.62 Å². The predicted molar refractivity (Wildman–Crippen MR) is 171 cm³/mol. The number of sulfonamides is 1. The first-order valence-corrected chi connectivity index (χ1v) is 17.9. The van der Waals surface area contributed by atoms with Crippen molar-refractivity contribution in [3.63, 3.8) is 0 Å². The van der Waals surface area contributed by atoms with Gasteiger partial charge in [0.25, 0.3) is 0 Å². The summed E-state index contributed by atoms with van der Waals surface area (Å²) in [6.45, 7) is 5.39. The van der Waals surface area contributed by atoms with E-state index in [-0.39, 0.29) is 30.5 Å². The van der Waals surface area contributed by atoms with Crippen LogP contribution in [0.3, 0.4) is 0 Å². The van der Waals surface area contributed by atoms with Crippen molar-refractivity contribution < 1.29 is 18.0 Å². The molecule has 2 aromatic carbocycles. The van der Waals surface area contributed by atoms with Crippen LogP contribution in [-0.2, 0) is 31.6 Å². The quantitative estimate of drug-likeness (QED) is 0.320. The molecule has 0 radical (unpaired) electrons. The smallest absolute Gasteiger partial charge is 0.244 e. The van der Waals surface area contributed by atoms with Gasteiger partial charge in [-0.1, -0.05) is 47.1 Å². The number of nitrogens with one attached hydrogen (secondary N) is 1. The second kappa shape index (κ2) is 12.3. The average molecular weight is 659 g/mol. The molecule has 2 amide bonds. The molecule has 4 fully saturated rings. The molecular formula is C33H44BrN3O4S. The third-order valence-corrected chi connectivity index (χ3v) is 11.5. The van der Waals surface area contributed by atoms with Gasteiger partial charge in [0.15, 0.2) is 0 Å². The molecule has 0 aliphatic heterocycles. The van der Waals surface area contributed by atoms with Crippen molar-refractivity contribution in [1.29, 1.82) is 0 Å². The fourth-order valence-corrected chi connectivity index (χ4v) is 9.24. The van der Waals surface area contributed by atoms with E-state index in [0.29, 0.717) is 5.69 Å². The van der Waals surface area contributed by atoms with E-state index in [0.717, 1.165) is 40.5 Å². The third-order valence-electron chi connectivity index (χ3n) is 9.90. The molecule has 0 aromatic heterocycles. The van der Waals surface area contributed by atoms with E-state index in [4.69, 9.17) is 0 Å². The SMILES string of the molecule is CCC(C)NC(=O)C(C)N(Cc1cccc(Br)c1)C(=O)CN(c1ccc(C23CC4CC(CC(C4)C2)C3)cc1)S(C)(=O)=O. The van der Waals surface area contributed by atoms with E-state index in [9.17, 15) is 18.0 Å². The van der Waals surface area contributed by atoms with Crippen molar-refractivity contribution in [1.82, 2.24) is 10.2 Å². The summed E-state index contributed by atoms with van der Waals surface area (Å²) in [6.07, 6.45) is 9.68. The second-order valence-corrected chi connectivity index (χ2v) is 16.0. The van der Waals surface area contributed by atoms with Crippen LogP contribution >= 0.6 is 15.9 Å². The van der Waals surface area contributed by atoms with E-state index in [1.165, 1.54) is 53.3 Å². The van der Waals surface area contributed by atoms with Crippen LogP contribution in [0.4, 0.5) is 5.69 Å². The number of rotatable bonds is 11. The van der Waals surface area contributed by atoms with E-state index in [1.54, 1.807) is 6.92 Å². The number of carbonyl (C=O) groups excluding carboxylic acids is 2. The Balaban J connectivity index is 1.38. The number of carbonyl (C=O) groups is 2. The first kappa shape index (κ1) is 31.0. The molecule has 228 valence electrons. The highest BCUT2D eigenvalue weighted by atomic mass is 79.9. The average Bonchev–Trinajstić information content (AvgIpc) is 2.93. The van der Waals surface area contributed by atoms with E-state index < -0.39 is 22.0 Å². The van der Waals surface area contributed by atoms with Gasteiger partial charge >= 0.3 is 0 Å². The van der Waals surface area contributed by atoms with Crippen molar-refractivity contribution >= 4 is 43.5 Å². The van der Waals surface area contributed by atoms with Crippen molar-refractivity contribution in [3.05, 3.63) is 64.1 Å². The lowest BCUT2D eigenvalue weighted by Gasteiger charge is -2.57. The van der Waals surface area contributed by atoms with Crippen molar-refractivity contribution in [2.75, 3.05) is 17.1 Å². The zero-order chi connectivity index (χ0) is 30.2. The normalized spacial score (nSPS) is 26.0. The zero-order valence-electron chi connectivity index (χ0n) is 25.2. The Labute approximate surface area is 259 Å². The molecule has 42 heavy (non-hydrogen) atoms. The van der Waals surface area contributed by atoms with Crippen LogP contribution in [0.1, 0.15) is 76.8 Å². The van der Waals surface area contributed by atoms with Crippen LogP contribution in [0.15, 0.2) is 53.0 Å². The molecule has 4 aliphatic rings. The van der Waals surface area contributed by atoms with Gasteiger partial charge in [-0.15, -0.1) is 0 Å². The van der Waals surface area contributed by atoms with Gasteiger partial charge in [-0.3, -0.25) is 13.9 Å². The lowest BCUT2D eigenvalue weighted by Crippen LogP contribution is -2.52. The first-order chi connectivity index (χ1) is 19.9. The number of hydrogen-bond donors (Lipinski definition) is 1. The van der Waals surface area contributed by atoms with Crippen LogP contribution in [0.25, 0.3) is 0 Å². The van der Waals surface area contributed by atoms with E-state index >= 15 is 0 Å². The highest BCUT2D eigenvalue weighted by molar-refractivity contribution is 9.10. The van der Waals surface area contributed by atoms with Gasteiger partial charge in [-0.05, 0) is 117 Å². The molecule has 6 rings (SSSR count). The Morgan fingerprint density at radius 2 is 1.60 bits per heavy atom. The van der Waals surface area contributed by atoms with Crippen molar-refractivity contribution in [2.45, 2.75) is 89.8 Å². The molecule has 7 nitrogen and oxygen atoms in total. The highest BCUT2D eigenvalue weighted by Gasteiger charge is 2.51. The van der Waals surface area contributed by atoms with Crippen molar-refractivity contribution in [2.24, 2.45) is 17.8 Å². The standard InChI is InChI=1S/C33H44BrN3O4S/c1-5-22(2)35-32(39)23(3)36(20-24-7-6-8-29(34)16-24)31(38)21-37(42(4,40)41)30-11-9-28(10-12-30)33-17-25-13-26(18-33)15-27(14-25)19-33/h6-12,16,22-23,25-27H,5,13-15,17-21H2,1-4H3,(H,35,39). The maximum Gasteiger partial charge on any atom is 0.244 e. The largest absolute Gasteiger partial charge is 0.352 e. The molecule has 2 atom stereocenters. The fraction of sp³-hybridized carbons (Fsp3) is 0.576. The Bertz CT molecular complexity index is 1380. The maximum absolute atomic E-state index is 13.9. The van der Waals surface area contributed by atoms with Gasteiger partial charge in [0.2, 0.25) is 21.8 Å². The summed E-state index contributed by atoms with van der Waals surface area (Å²) in [5.41, 5.74) is 2.82. The Morgan fingerprint density at radius 3 is 2.12 bits per heavy atom. The van der Waals surface area contributed by atoms with E-state index in [1.807, 2.05) is 50.2 Å². The molecule has 0 heterocycles. The summed E-state index contributed by atoms with van der Waals surface area (Å²) in [7, 11) is -3.78. The van der Waals surface area contributed by atoms with Gasteiger partial charge in [-0.25, -0.2) is 8.42 Å². The maximum atomic E-state index is 13.9. The number of hydrogen-bond acceptors (Lipinski definition) is 4. The minimum absolute atomic E-state index is 0.0391. The highest BCUT2D eigenvalue weighted by Crippen LogP contribution is 2.60. The van der Waals surface area contributed by atoms with Gasteiger partial charge < -0.3 is 10.2 Å². The van der Waals surface area contributed by atoms with Gasteiger partial charge in [-0.2, -0.15) is 0 Å². The number of nitrogens with zero attached hydrogens (tertiary/aromatic N) is 2. The zero-order valence-corrected chi connectivity index (χ0v) is 27.6. The van der Waals surface area contributed by atoms with E-state index in [2.05, 4.69) is 33.4 Å². The molecule has 4 aliphatic carbocycles. The Kier molecular flexibility index (Phi) is 9.10. The molecule has 2 aromatic rings. The third kappa shape index (κ3) is 6.72. The lowest BCUT2D eigenvalue weighted by atomic mass is 9.48. The minimum Gasteiger partial charge on any atom is -0.352 e. The van der Waals surface area contributed by atoms with Crippen LogP contribution in [-0.4, -0.2) is 50.0 Å². The topological polar surface area (TPSA) is 86.8 Å². The molecule has 0 saturated heterocycles. The molecular weight excluding hydrogens is 614 g/mol.